The first-order valence-electron chi connectivity index (χ1n) is 3.58. The maximum Gasteiger partial charge on any atom is 0.213 e. The summed E-state index contributed by atoms with van der Waals surface area (Å²) in [6, 6.07) is 0. The minimum absolute atomic E-state index is 0.642. The summed E-state index contributed by atoms with van der Waals surface area (Å²) in [5.74, 6) is 1.30. The summed E-state index contributed by atoms with van der Waals surface area (Å²) in [7, 11) is 1.89. The van der Waals surface area contributed by atoms with Crippen LogP contribution in [0.5, 0.6) is 0 Å². The molecular weight excluding hydrogens is 190 g/mol. The number of thioether (sulfide) groups is 1. The Labute approximate surface area is 78.4 Å². The van der Waals surface area contributed by atoms with Gasteiger partial charge in [0.2, 0.25) is 6.39 Å². The third-order valence-corrected chi connectivity index (χ3v) is 2.44. The van der Waals surface area contributed by atoms with Crippen LogP contribution in [0.2, 0.25) is 0 Å². The quantitative estimate of drug-likeness (QED) is 0.667. The zero-order valence-corrected chi connectivity index (χ0v) is 7.73. The second-order valence-electron chi connectivity index (χ2n) is 2.36. The summed E-state index contributed by atoms with van der Waals surface area (Å²) in [4.78, 5) is 3.89. The molecule has 13 heavy (non-hydrogen) atoms. The lowest BCUT2D eigenvalue weighted by Gasteiger charge is -1.95. The highest BCUT2D eigenvalue weighted by Gasteiger charge is 2.04. The first-order chi connectivity index (χ1) is 6.36. The molecule has 2 aromatic rings. The van der Waals surface area contributed by atoms with Gasteiger partial charge >= 0.3 is 0 Å². The Kier molecular flexibility index (Phi) is 2.26. The van der Waals surface area contributed by atoms with Crippen LogP contribution in [0.3, 0.4) is 0 Å². The smallest absolute Gasteiger partial charge is 0.213 e. The molecule has 0 aliphatic carbocycles. The highest BCUT2D eigenvalue weighted by atomic mass is 32.2. The van der Waals surface area contributed by atoms with E-state index in [4.69, 9.17) is 0 Å². The monoisotopic (exact) mass is 197 g/mol. The summed E-state index contributed by atoms with van der Waals surface area (Å²) in [5, 5.41) is 12.2. The lowest BCUT2D eigenvalue weighted by Crippen LogP contribution is -1.90. The average Bonchev–Trinajstić information content (AvgIpc) is 2.72. The molecule has 0 N–H and O–H groups in total. The number of nitrogens with zero attached hydrogens (tertiary/aromatic N) is 5. The van der Waals surface area contributed by atoms with Crippen molar-refractivity contribution in [2.24, 2.45) is 7.05 Å². The van der Waals surface area contributed by atoms with E-state index in [1.165, 1.54) is 18.2 Å². The number of aromatic nitrogens is 5. The molecule has 0 atom stereocenters. The maximum absolute atomic E-state index is 4.60. The molecule has 2 heterocycles. The van der Waals surface area contributed by atoms with Gasteiger partial charge in [-0.2, -0.15) is 4.98 Å². The molecule has 0 fully saturated rings. The van der Waals surface area contributed by atoms with Crippen molar-refractivity contribution in [1.82, 2.24) is 24.9 Å². The van der Waals surface area contributed by atoms with Crippen LogP contribution in [0.25, 0.3) is 0 Å². The van der Waals surface area contributed by atoms with Crippen LogP contribution in [0.1, 0.15) is 5.82 Å². The Morgan fingerprint density at radius 3 is 3.15 bits per heavy atom. The van der Waals surface area contributed by atoms with E-state index >= 15 is 0 Å². The largest absolute Gasteiger partial charge is 0.343 e. The molecule has 0 aromatic carbocycles. The first kappa shape index (κ1) is 8.24. The minimum atomic E-state index is 0.642. The normalized spacial score (nSPS) is 10.5. The predicted molar refractivity (Wildman–Crippen MR) is 44.9 cm³/mol. The molecule has 2 aromatic heterocycles. The topological polar surface area (TPSA) is 69.6 Å². The van der Waals surface area contributed by atoms with Crippen molar-refractivity contribution in [3.63, 3.8) is 0 Å². The van der Waals surface area contributed by atoms with Gasteiger partial charge in [-0.15, -0.1) is 10.2 Å². The third-order valence-electron chi connectivity index (χ3n) is 1.41. The van der Waals surface area contributed by atoms with Gasteiger partial charge in [0, 0.05) is 7.05 Å². The molecule has 6 nitrogen and oxygen atoms in total. The van der Waals surface area contributed by atoms with Crippen LogP contribution in [0.15, 0.2) is 22.4 Å². The van der Waals surface area contributed by atoms with Gasteiger partial charge in [0.15, 0.2) is 11.0 Å². The van der Waals surface area contributed by atoms with E-state index < -0.39 is 0 Å². The molecule has 0 aliphatic rings. The molecule has 7 heteroatoms. The Bertz CT molecular complexity index is 370. The van der Waals surface area contributed by atoms with Gasteiger partial charge in [-0.25, -0.2) is 0 Å². The molecule has 68 valence electrons. The molecular formula is C6H7N5OS. The molecule has 0 aliphatic heterocycles. The fourth-order valence-corrected chi connectivity index (χ4v) is 1.53. The van der Waals surface area contributed by atoms with E-state index in [1.54, 1.807) is 6.33 Å². The molecule has 0 unspecified atom stereocenters. The summed E-state index contributed by atoms with van der Waals surface area (Å²) < 4.78 is 6.44. The lowest BCUT2D eigenvalue weighted by atomic mass is 10.7. The average molecular weight is 197 g/mol. The second kappa shape index (κ2) is 3.56. The van der Waals surface area contributed by atoms with Crippen molar-refractivity contribution < 1.29 is 4.52 Å². The highest BCUT2D eigenvalue weighted by molar-refractivity contribution is 7.98. The van der Waals surface area contributed by atoms with Gasteiger partial charge in [0.25, 0.3) is 0 Å². The van der Waals surface area contributed by atoms with Gasteiger partial charge in [0.05, 0.1) is 5.75 Å². The maximum atomic E-state index is 4.60. The molecule has 0 saturated heterocycles. The SMILES string of the molecule is Cn1cnnc1SCc1ncon1. The van der Waals surface area contributed by atoms with Gasteiger partial charge in [-0.05, 0) is 0 Å². The van der Waals surface area contributed by atoms with Gasteiger partial charge in [-0.1, -0.05) is 16.9 Å². The zero-order valence-electron chi connectivity index (χ0n) is 6.91. The third kappa shape index (κ3) is 1.86. The lowest BCUT2D eigenvalue weighted by molar-refractivity contribution is 0.412. The minimum Gasteiger partial charge on any atom is -0.343 e. The first-order valence-corrected chi connectivity index (χ1v) is 4.57. The van der Waals surface area contributed by atoms with E-state index in [-0.39, 0.29) is 0 Å². The van der Waals surface area contributed by atoms with Crippen LogP contribution >= 0.6 is 11.8 Å². The van der Waals surface area contributed by atoms with E-state index in [9.17, 15) is 0 Å². The number of hydrogen-bond acceptors (Lipinski definition) is 6. The van der Waals surface area contributed by atoms with Crippen molar-refractivity contribution in [3.05, 3.63) is 18.5 Å². The summed E-state index contributed by atoms with van der Waals surface area (Å²) in [6.07, 6.45) is 2.96. The number of hydrogen-bond donors (Lipinski definition) is 0. The fourth-order valence-electron chi connectivity index (χ4n) is 0.788. The van der Waals surface area contributed by atoms with Crippen molar-refractivity contribution in [2.75, 3.05) is 0 Å². The summed E-state index contributed by atoms with van der Waals surface area (Å²) >= 11 is 1.52. The van der Waals surface area contributed by atoms with Crippen molar-refractivity contribution in [2.45, 2.75) is 10.9 Å². The highest BCUT2D eigenvalue weighted by Crippen LogP contribution is 2.16. The molecule has 0 saturated carbocycles. The molecule has 0 radical (unpaired) electrons. The van der Waals surface area contributed by atoms with Crippen LogP contribution in [-0.2, 0) is 12.8 Å². The van der Waals surface area contributed by atoms with Gasteiger partial charge < -0.3 is 9.09 Å². The van der Waals surface area contributed by atoms with Crippen molar-refractivity contribution >= 4 is 11.8 Å². The van der Waals surface area contributed by atoms with Crippen LogP contribution in [-0.4, -0.2) is 24.9 Å². The second-order valence-corrected chi connectivity index (χ2v) is 3.30. The number of aryl methyl sites for hydroxylation is 1. The Morgan fingerprint density at radius 1 is 1.62 bits per heavy atom. The molecule has 0 amide bonds. The van der Waals surface area contributed by atoms with E-state index in [1.807, 2.05) is 11.6 Å². The molecule has 0 bridgehead atoms. The Hall–Kier alpha value is -1.37. The van der Waals surface area contributed by atoms with E-state index in [2.05, 4.69) is 24.9 Å². The Morgan fingerprint density at radius 2 is 2.54 bits per heavy atom. The molecule has 2 rings (SSSR count). The molecule has 0 spiro atoms. The van der Waals surface area contributed by atoms with Gasteiger partial charge in [0.1, 0.15) is 6.33 Å². The zero-order chi connectivity index (χ0) is 9.10. The van der Waals surface area contributed by atoms with Crippen LogP contribution in [0.4, 0.5) is 0 Å². The standard InChI is InChI=1S/C6H7N5OS/c1-11-3-8-9-6(11)13-2-5-7-4-12-10-5/h3-4H,2H2,1H3. The number of rotatable bonds is 3. The van der Waals surface area contributed by atoms with Gasteiger partial charge in [-0.3, -0.25) is 0 Å². The van der Waals surface area contributed by atoms with Crippen molar-refractivity contribution in [1.29, 1.82) is 0 Å². The van der Waals surface area contributed by atoms with Crippen LogP contribution < -0.4 is 0 Å². The Balaban J connectivity index is 1.97. The fraction of sp³-hybridized carbons (Fsp3) is 0.333. The van der Waals surface area contributed by atoms with Crippen molar-refractivity contribution in [3.8, 4) is 0 Å². The van der Waals surface area contributed by atoms with E-state index in [0.29, 0.717) is 11.6 Å². The predicted octanol–water partition coefficient (Wildman–Crippen LogP) is 0.490. The van der Waals surface area contributed by atoms with E-state index in [0.717, 1.165) is 5.16 Å². The summed E-state index contributed by atoms with van der Waals surface area (Å²) in [5.41, 5.74) is 0. The summed E-state index contributed by atoms with van der Waals surface area (Å²) in [6.45, 7) is 0. The van der Waals surface area contributed by atoms with Crippen LogP contribution in [0, 0.1) is 0 Å².